The van der Waals surface area contributed by atoms with Crippen molar-refractivity contribution < 1.29 is 27.1 Å². The number of amides is 1. The third kappa shape index (κ3) is 4.64. The van der Waals surface area contributed by atoms with Crippen LogP contribution in [-0.4, -0.2) is 34.2 Å². The van der Waals surface area contributed by atoms with Crippen LogP contribution in [0.5, 0.6) is 0 Å². The van der Waals surface area contributed by atoms with Gasteiger partial charge in [-0.05, 0) is 41.1 Å². The lowest BCUT2D eigenvalue weighted by molar-refractivity contribution is -0.208. The molecule has 0 aliphatic carbocycles. The van der Waals surface area contributed by atoms with Crippen LogP contribution >= 0.6 is 27.5 Å². The van der Waals surface area contributed by atoms with E-state index in [9.17, 15) is 22.4 Å². The number of aliphatic imine (C=N–C) groups is 1. The molecule has 2 atom stereocenters. The van der Waals surface area contributed by atoms with E-state index in [0.717, 1.165) is 12.1 Å². The summed E-state index contributed by atoms with van der Waals surface area (Å²) in [6.45, 7) is 1.24. The normalized spacial score (nSPS) is 21.6. The predicted molar refractivity (Wildman–Crippen MR) is 104 cm³/mol. The number of alkyl halides is 3. The molecule has 1 amide bonds. The molecule has 1 aliphatic heterocycles. The standard InChI is InChI=1S/C17H13BrClF4N5O2/c1-16(5-10(17(21,22)23)30-15(24)28-16)13-9(20)2-3-11(26-13)27-14(29)12-8(19)4-7(18)6-25-12/h2-4,6,10H,5H2,1H3,(H2,24,28)(H,26,27,29)/t10-,16+/m0/s1. The first-order valence-corrected chi connectivity index (χ1v) is 9.44. The van der Waals surface area contributed by atoms with Gasteiger partial charge in [0.15, 0.2) is 6.10 Å². The Balaban J connectivity index is 1.93. The Morgan fingerprint density at radius 1 is 1.43 bits per heavy atom. The summed E-state index contributed by atoms with van der Waals surface area (Å²) < 4.78 is 59.0. The monoisotopic (exact) mass is 509 g/mol. The molecule has 0 saturated heterocycles. The molecule has 2 aromatic rings. The Morgan fingerprint density at radius 2 is 2.13 bits per heavy atom. The summed E-state index contributed by atoms with van der Waals surface area (Å²) in [6, 6.07) is 2.79. The number of nitrogens with two attached hydrogens (primary N) is 1. The van der Waals surface area contributed by atoms with Crippen molar-refractivity contribution in [1.82, 2.24) is 9.97 Å². The molecule has 30 heavy (non-hydrogen) atoms. The molecule has 1 aliphatic rings. The van der Waals surface area contributed by atoms with E-state index in [1.54, 1.807) is 0 Å². The van der Waals surface area contributed by atoms with Crippen LogP contribution in [0, 0.1) is 5.82 Å². The van der Waals surface area contributed by atoms with E-state index < -0.39 is 47.7 Å². The van der Waals surface area contributed by atoms with Crippen LogP contribution in [-0.2, 0) is 10.3 Å². The molecule has 13 heteroatoms. The molecule has 0 fully saturated rings. The molecule has 0 radical (unpaired) electrons. The maximum atomic E-state index is 14.5. The van der Waals surface area contributed by atoms with E-state index in [1.165, 1.54) is 19.2 Å². The van der Waals surface area contributed by atoms with E-state index >= 15 is 0 Å². The Bertz CT molecular complexity index is 1040. The fourth-order valence-electron chi connectivity index (χ4n) is 2.84. The van der Waals surface area contributed by atoms with Crippen molar-refractivity contribution in [2.24, 2.45) is 10.7 Å². The molecule has 0 bridgehead atoms. The molecule has 3 N–H and O–H groups in total. The molecule has 0 saturated carbocycles. The van der Waals surface area contributed by atoms with Crippen LogP contribution < -0.4 is 11.1 Å². The zero-order valence-electron chi connectivity index (χ0n) is 15.1. The summed E-state index contributed by atoms with van der Waals surface area (Å²) in [6.07, 6.45) is -6.43. The number of hydrogen-bond acceptors (Lipinski definition) is 6. The molecule has 0 spiro atoms. The first-order valence-electron chi connectivity index (χ1n) is 8.27. The quantitative estimate of drug-likeness (QED) is 0.604. The van der Waals surface area contributed by atoms with Gasteiger partial charge in [0.25, 0.3) is 11.9 Å². The molecule has 3 rings (SSSR count). The molecule has 160 valence electrons. The maximum Gasteiger partial charge on any atom is 0.425 e. The fourth-order valence-corrected chi connectivity index (χ4v) is 3.56. The van der Waals surface area contributed by atoms with Crippen LogP contribution in [0.25, 0.3) is 0 Å². The first-order chi connectivity index (χ1) is 13.9. The van der Waals surface area contributed by atoms with Crippen molar-refractivity contribution in [3.05, 3.63) is 51.1 Å². The summed E-state index contributed by atoms with van der Waals surface area (Å²) in [5.74, 6) is -1.80. The summed E-state index contributed by atoms with van der Waals surface area (Å²) in [5.41, 5.74) is 3.06. The highest BCUT2D eigenvalue weighted by atomic mass is 79.9. The van der Waals surface area contributed by atoms with Crippen LogP contribution in [0.15, 0.2) is 33.9 Å². The van der Waals surface area contributed by atoms with Gasteiger partial charge in [0.05, 0.1) is 5.02 Å². The average molecular weight is 511 g/mol. The van der Waals surface area contributed by atoms with Gasteiger partial charge in [-0.1, -0.05) is 11.6 Å². The zero-order valence-corrected chi connectivity index (χ0v) is 17.4. The number of hydrogen-bond donors (Lipinski definition) is 2. The first kappa shape index (κ1) is 22.2. The van der Waals surface area contributed by atoms with Crippen molar-refractivity contribution in [3.8, 4) is 0 Å². The highest BCUT2D eigenvalue weighted by Crippen LogP contribution is 2.40. The summed E-state index contributed by atoms with van der Waals surface area (Å²) in [7, 11) is 0. The molecule has 2 aromatic heterocycles. The maximum absolute atomic E-state index is 14.5. The number of carbonyl (C=O) groups is 1. The van der Waals surface area contributed by atoms with Crippen molar-refractivity contribution in [3.63, 3.8) is 0 Å². The Morgan fingerprint density at radius 3 is 2.77 bits per heavy atom. The van der Waals surface area contributed by atoms with Crippen molar-refractivity contribution >= 4 is 45.3 Å². The van der Waals surface area contributed by atoms with Gasteiger partial charge >= 0.3 is 6.18 Å². The van der Waals surface area contributed by atoms with Gasteiger partial charge in [-0.15, -0.1) is 0 Å². The Labute approximate surface area is 180 Å². The lowest BCUT2D eigenvalue weighted by Gasteiger charge is -2.35. The molecule has 7 nitrogen and oxygen atoms in total. The van der Waals surface area contributed by atoms with E-state index in [0.29, 0.717) is 4.47 Å². The number of nitrogens with one attached hydrogen (secondary N) is 1. The number of anilines is 1. The van der Waals surface area contributed by atoms with E-state index in [4.69, 9.17) is 17.3 Å². The topological polar surface area (TPSA) is 102 Å². The lowest BCUT2D eigenvalue weighted by Crippen LogP contribution is -2.46. The van der Waals surface area contributed by atoms with E-state index in [-0.39, 0.29) is 16.5 Å². The van der Waals surface area contributed by atoms with Crippen molar-refractivity contribution in [1.29, 1.82) is 0 Å². The summed E-state index contributed by atoms with van der Waals surface area (Å²) >= 11 is 9.14. The lowest BCUT2D eigenvalue weighted by atomic mass is 9.89. The highest BCUT2D eigenvalue weighted by Gasteiger charge is 2.50. The second kappa shape index (κ2) is 7.99. The number of nitrogens with zero attached hydrogens (tertiary/aromatic N) is 3. The van der Waals surface area contributed by atoms with Crippen LogP contribution in [0.3, 0.4) is 0 Å². The van der Waals surface area contributed by atoms with Gasteiger partial charge in [0.2, 0.25) is 0 Å². The van der Waals surface area contributed by atoms with Gasteiger partial charge in [0.1, 0.15) is 28.6 Å². The SMILES string of the molecule is C[C@]1(c2nc(NC(=O)c3ncc(Br)cc3Cl)ccc2F)C[C@@H](C(F)(F)F)OC(N)=N1. The van der Waals surface area contributed by atoms with Gasteiger partial charge in [-0.3, -0.25) is 4.79 Å². The zero-order chi connectivity index (χ0) is 22.3. The number of ether oxygens (including phenoxy) is 1. The predicted octanol–water partition coefficient (Wildman–Crippen LogP) is 4.17. The molecule has 3 heterocycles. The highest BCUT2D eigenvalue weighted by molar-refractivity contribution is 9.10. The van der Waals surface area contributed by atoms with Crippen molar-refractivity contribution in [2.75, 3.05) is 5.32 Å². The van der Waals surface area contributed by atoms with Gasteiger partial charge in [-0.2, -0.15) is 13.2 Å². The minimum Gasteiger partial charge on any atom is -0.452 e. The molecule has 0 unspecified atom stereocenters. The summed E-state index contributed by atoms with van der Waals surface area (Å²) in [5, 5.41) is 2.43. The number of carbonyl (C=O) groups excluding carboxylic acids is 1. The Kier molecular flexibility index (Phi) is 5.92. The van der Waals surface area contributed by atoms with Gasteiger partial charge in [0, 0.05) is 17.1 Å². The number of amidine groups is 1. The Hall–Kier alpha value is -2.47. The van der Waals surface area contributed by atoms with Gasteiger partial charge < -0.3 is 15.8 Å². The van der Waals surface area contributed by atoms with Crippen LogP contribution in [0.4, 0.5) is 23.4 Å². The number of halogens is 6. The summed E-state index contributed by atoms with van der Waals surface area (Å²) in [4.78, 5) is 24.1. The van der Waals surface area contributed by atoms with Gasteiger partial charge in [-0.25, -0.2) is 19.4 Å². The second-order valence-electron chi connectivity index (χ2n) is 6.54. The number of pyridine rings is 2. The third-order valence-electron chi connectivity index (χ3n) is 4.19. The average Bonchev–Trinajstić information content (AvgIpc) is 2.61. The molecular weight excluding hydrogens is 498 g/mol. The number of aromatic nitrogens is 2. The molecule has 0 aromatic carbocycles. The van der Waals surface area contributed by atoms with Crippen molar-refractivity contribution in [2.45, 2.75) is 31.2 Å². The fraction of sp³-hybridized carbons (Fsp3) is 0.294. The van der Waals surface area contributed by atoms with E-state index in [1.807, 2.05) is 0 Å². The van der Waals surface area contributed by atoms with Crippen LogP contribution in [0.2, 0.25) is 5.02 Å². The third-order valence-corrected chi connectivity index (χ3v) is 4.91. The second-order valence-corrected chi connectivity index (χ2v) is 7.86. The van der Waals surface area contributed by atoms with E-state index in [2.05, 4.69) is 40.9 Å². The van der Waals surface area contributed by atoms with Crippen LogP contribution in [0.1, 0.15) is 29.5 Å². The number of rotatable bonds is 3. The smallest absolute Gasteiger partial charge is 0.425 e. The minimum atomic E-state index is -4.74. The molecular formula is C17H13BrClF4N5O2. The minimum absolute atomic E-state index is 0.0472. The largest absolute Gasteiger partial charge is 0.452 e.